The van der Waals surface area contributed by atoms with Gasteiger partial charge in [0, 0.05) is 18.1 Å². The number of amides is 1. The van der Waals surface area contributed by atoms with Crippen LogP contribution in [0.4, 0.5) is 0 Å². The van der Waals surface area contributed by atoms with Gasteiger partial charge in [0.15, 0.2) is 0 Å². The van der Waals surface area contributed by atoms with Crippen molar-refractivity contribution in [2.24, 2.45) is 0 Å². The molecule has 0 saturated heterocycles. The van der Waals surface area contributed by atoms with Gasteiger partial charge in [0.2, 0.25) is 5.82 Å². The quantitative estimate of drug-likeness (QED) is 0.614. The molecule has 0 saturated carbocycles. The van der Waals surface area contributed by atoms with E-state index < -0.39 is 0 Å². The maximum Gasteiger partial charge on any atom is 0.291 e. The number of hydrogen-bond acceptors (Lipinski definition) is 5. The Balaban J connectivity index is 1.57. The number of aromatic nitrogens is 3. The van der Waals surface area contributed by atoms with Gasteiger partial charge in [-0.05, 0) is 63.0 Å². The minimum atomic E-state index is -0.327. The van der Waals surface area contributed by atoms with Crippen molar-refractivity contribution in [1.29, 1.82) is 0 Å². The van der Waals surface area contributed by atoms with Gasteiger partial charge in [-0.15, -0.1) is 5.10 Å². The molecular weight excluding hydrogens is 390 g/mol. The normalized spacial score (nSPS) is 10.9. The molecule has 1 amide bonds. The van der Waals surface area contributed by atoms with Gasteiger partial charge in [0.1, 0.15) is 18.2 Å². The molecule has 1 aromatic heterocycles. The number of aryl methyl sites for hydroxylation is 1. The smallest absolute Gasteiger partial charge is 0.291 e. The zero-order valence-electron chi connectivity index (χ0n) is 16.7. The van der Waals surface area contributed by atoms with Crippen LogP contribution >= 0.6 is 11.6 Å². The van der Waals surface area contributed by atoms with Crippen molar-refractivity contribution in [3.8, 4) is 11.4 Å². The summed E-state index contributed by atoms with van der Waals surface area (Å²) < 4.78 is 7.29. The molecule has 1 N–H and O–H groups in total. The zero-order chi connectivity index (χ0) is 20.8. The summed E-state index contributed by atoms with van der Waals surface area (Å²) in [6.45, 7) is 3.66. The van der Waals surface area contributed by atoms with E-state index >= 15 is 0 Å². The fourth-order valence-corrected chi connectivity index (χ4v) is 2.75. The molecule has 3 rings (SSSR count). The monoisotopic (exact) mass is 413 g/mol. The molecule has 8 heteroatoms. The lowest BCUT2D eigenvalue weighted by Gasteiger charge is -2.11. The zero-order valence-corrected chi connectivity index (χ0v) is 17.5. The Kier molecular flexibility index (Phi) is 6.85. The third kappa shape index (κ3) is 5.79. The molecule has 0 radical (unpaired) electrons. The lowest BCUT2D eigenvalue weighted by molar-refractivity contribution is 0.0940. The summed E-state index contributed by atoms with van der Waals surface area (Å²) in [5.41, 5.74) is 1.76. The molecule has 0 aliphatic heterocycles. The Morgan fingerprint density at radius 1 is 1.14 bits per heavy atom. The Morgan fingerprint density at radius 3 is 2.48 bits per heavy atom. The van der Waals surface area contributed by atoms with E-state index in [-0.39, 0.29) is 11.7 Å². The SMILES string of the molecule is Cc1nc(C(=O)NCc2ccc(OCCN(C)C)cc2)nn1-c1ccc(Cl)cc1. The molecule has 29 heavy (non-hydrogen) atoms. The number of halogens is 1. The highest BCUT2D eigenvalue weighted by Crippen LogP contribution is 2.15. The summed E-state index contributed by atoms with van der Waals surface area (Å²) in [6.07, 6.45) is 0. The van der Waals surface area contributed by atoms with E-state index in [0.29, 0.717) is 24.0 Å². The van der Waals surface area contributed by atoms with Crippen LogP contribution in [0, 0.1) is 6.92 Å². The van der Waals surface area contributed by atoms with Gasteiger partial charge < -0.3 is 15.0 Å². The first-order valence-electron chi connectivity index (χ1n) is 9.26. The standard InChI is InChI=1S/C21H24ClN5O2/c1-15-24-20(25-27(15)18-8-6-17(22)7-9-18)21(28)23-14-16-4-10-19(11-5-16)29-13-12-26(2)3/h4-11H,12-14H2,1-3H3,(H,23,28). The Morgan fingerprint density at radius 2 is 1.83 bits per heavy atom. The van der Waals surface area contributed by atoms with Gasteiger partial charge in [-0.3, -0.25) is 4.79 Å². The highest BCUT2D eigenvalue weighted by atomic mass is 35.5. The summed E-state index contributed by atoms with van der Waals surface area (Å²) in [6, 6.07) is 14.8. The van der Waals surface area contributed by atoms with E-state index in [1.165, 1.54) is 0 Å². The van der Waals surface area contributed by atoms with Crippen LogP contribution in [0.2, 0.25) is 5.02 Å². The average molecular weight is 414 g/mol. The molecule has 152 valence electrons. The van der Waals surface area contributed by atoms with Gasteiger partial charge in [0.05, 0.1) is 5.69 Å². The number of hydrogen-bond donors (Lipinski definition) is 1. The molecule has 0 fully saturated rings. The van der Waals surface area contributed by atoms with Gasteiger partial charge in [-0.25, -0.2) is 9.67 Å². The summed E-state index contributed by atoms with van der Waals surface area (Å²) in [5, 5.41) is 7.80. The number of benzene rings is 2. The molecule has 0 bridgehead atoms. The summed E-state index contributed by atoms with van der Waals surface area (Å²) >= 11 is 5.92. The molecule has 0 aliphatic rings. The maximum absolute atomic E-state index is 12.4. The second-order valence-corrected chi connectivity index (χ2v) is 7.29. The van der Waals surface area contributed by atoms with Crippen LogP contribution in [0.15, 0.2) is 48.5 Å². The fraction of sp³-hybridized carbons (Fsp3) is 0.286. The van der Waals surface area contributed by atoms with Crippen LogP contribution in [0.5, 0.6) is 5.75 Å². The highest BCUT2D eigenvalue weighted by Gasteiger charge is 2.15. The van der Waals surface area contributed by atoms with Gasteiger partial charge in [-0.1, -0.05) is 23.7 Å². The van der Waals surface area contributed by atoms with Crippen LogP contribution in [-0.2, 0) is 6.54 Å². The number of nitrogens with one attached hydrogen (secondary N) is 1. The summed E-state index contributed by atoms with van der Waals surface area (Å²) in [5.74, 6) is 1.23. The summed E-state index contributed by atoms with van der Waals surface area (Å²) in [7, 11) is 4.01. The van der Waals surface area contributed by atoms with Gasteiger partial charge in [-0.2, -0.15) is 0 Å². The molecule has 0 spiro atoms. The minimum absolute atomic E-state index is 0.126. The first-order chi connectivity index (χ1) is 13.9. The van der Waals surface area contributed by atoms with Crippen LogP contribution in [0.3, 0.4) is 0 Å². The van der Waals surface area contributed by atoms with Crippen molar-refractivity contribution in [3.05, 3.63) is 70.8 Å². The van der Waals surface area contributed by atoms with Crippen molar-refractivity contribution in [2.45, 2.75) is 13.5 Å². The maximum atomic E-state index is 12.4. The van der Waals surface area contributed by atoms with E-state index in [0.717, 1.165) is 23.5 Å². The van der Waals surface area contributed by atoms with E-state index in [9.17, 15) is 4.79 Å². The van der Waals surface area contributed by atoms with Gasteiger partial charge >= 0.3 is 0 Å². The van der Waals surface area contributed by atoms with Crippen LogP contribution in [0.1, 0.15) is 22.0 Å². The van der Waals surface area contributed by atoms with Crippen molar-refractivity contribution in [2.75, 3.05) is 27.2 Å². The predicted molar refractivity (Wildman–Crippen MR) is 113 cm³/mol. The minimum Gasteiger partial charge on any atom is -0.492 e. The van der Waals surface area contributed by atoms with E-state index in [1.807, 2.05) is 50.5 Å². The number of likely N-dealkylation sites (N-methyl/N-ethyl adjacent to an activating group) is 1. The molecule has 7 nitrogen and oxygen atoms in total. The Bertz CT molecular complexity index is 952. The molecule has 0 unspecified atom stereocenters. The first-order valence-corrected chi connectivity index (χ1v) is 9.64. The second-order valence-electron chi connectivity index (χ2n) is 6.85. The van der Waals surface area contributed by atoms with E-state index in [1.54, 1.807) is 23.7 Å². The Hall–Kier alpha value is -2.90. The van der Waals surface area contributed by atoms with Crippen LogP contribution < -0.4 is 10.1 Å². The number of carbonyl (C=O) groups excluding carboxylic acids is 1. The topological polar surface area (TPSA) is 72.3 Å². The lowest BCUT2D eigenvalue weighted by Crippen LogP contribution is -2.24. The van der Waals surface area contributed by atoms with Crippen molar-refractivity contribution in [3.63, 3.8) is 0 Å². The third-order valence-electron chi connectivity index (χ3n) is 4.23. The highest BCUT2D eigenvalue weighted by molar-refractivity contribution is 6.30. The van der Waals surface area contributed by atoms with Crippen molar-refractivity contribution < 1.29 is 9.53 Å². The fourth-order valence-electron chi connectivity index (χ4n) is 2.62. The predicted octanol–water partition coefficient (Wildman–Crippen LogP) is 3.10. The molecular formula is C21H24ClN5O2. The molecule has 1 heterocycles. The molecule has 3 aromatic rings. The largest absolute Gasteiger partial charge is 0.492 e. The van der Waals surface area contributed by atoms with E-state index in [4.69, 9.17) is 16.3 Å². The van der Waals surface area contributed by atoms with Crippen molar-refractivity contribution >= 4 is 17.5 Å². The molecule has 0 aliphatic carbocycles. The number of nitrogens with zero attached hydrogens (tertiary/aromatic N) is 4. The average Bonchev–Trinajstić information content (AvgIpc) is 3.09. The van der Waals surface area contributed by atoms with Crippen molar-refractivity contribution in [1.82, 2.24) is 25.0 Å². The molecule has 2 aromatic carbocycles. The number of carbonyl (C=O) groups is 1. The first kappa shape index (κ1) is 20.8. The van der Waals surface area contributed by atoms with Crippen LogP contribution in [-0.4, -0.2) is 52.8 Å². The summed E-state index contributed by atoms with van der Waals surface area (Å²) in [4.78, 5) is 18.8. The third-order valence-corrected chi connectivity index (χ3v) is 4.48. The molecule has 0 atom stereocenters. The second kappa shape index (κ2) is 9.54. The van der Waals surface area contributed by atoms with Crippen LogP contribution in [0.25, 0.3) is 5.69 Å². The Labute approximate surface area is 175 Å². The number of ether oxygens (including phenoxy) is 1. The number of rotatable bonds is 8. The van der Waals surface area contributed by atoms with E-state index in [2.05, 4.69) is 20.3 Å². The lowest BCUT2D eigenvalue weighted by atomic mass is 10.2. The van der Waals surface area contributed by atoms with Gasteiger partial charge in [0.25, 0.3) is 5.91 Å².